The second-order valence-corrected chi connectivity index (χ2v) is 5.78. The Morgan fingerprint density at radius 2 is 2.12 bits per heavy atom. The van der Waals surface area contributed by atoms with E-state index in [0.29, 0.717) is 12.1 Å². The van der Waals surface area contributed by atoms with Crippen LogP contribution in [-0.2, 0) is 4.74 Å². The van der Waals surface area contributed by atoms with E-state index < -0.39 is 0 Å². The molecule has 2 fully saturated rings. The zero-order chi connectivity index (χ0) is 12.3. The summed E-state index contributed by atoms with van der Waals surface area (Å²) in [6, 6.07) is 1.42. The van der Waals surface area contributed by atoms with Crippen molar-refractivity contribution in [1.29, 1.82) is 0 Å². The Balaban J connectivity index is 1.84. The van der Waals surface area contributed by atoms with E-state index in [4.69, 9.17) is 4.74 Å². The van der Waals surface area contributed by atoms with E-state index in [-0.39, 0.29) is 0 Å². The maximum Gasteiger partial charge on any atom is 0.0507 e. The molecule has 17 heavy (non-hydrogen) atoms. The van der Waals surface area contributed by atoms with Gasteiger partial charge in [-0.15, -0.1) is 0 Å². The largest absolute Gasteiger partial charge is 0.381 e. The van der Waals surface area contributed by atoms with Crippen molar-refractivity contribution in [1.82, 2.24) is 10.2 Å². The summed E-state index contributed by atoms with van der Waals surface area (Å²) in [5, 5.41) is 3.63. The monoisotopic (exact) mass is 240 g/mol. The van der Waals surface area contributed by atoms with Gasteiger partial charge in [0, 0.05) is 25.2 Å². The molecule has 100 valence electrons. The summed E-state index contributed by atoms with van der Waals surface area (Å²) in [6.07, 6.45) is 2.56. The minimum Gasteiger partial charge on any atom is -0.381 e. The summed E-state index contributed by atoms with van der Waals surface area (Å²) in [6.45, 7) is 12.5. The smallest absolute Gasteiger partial charge is 0.0507 e. The SMILES string of the molecule is CCNC1CCN(CC2CCOC2)C(C)C1C. The Hall–Kier alpha value is -0.120. The zero-order valence-corrected chi connectivity index (χ0v) is 11.6. The molecule has 0 bridgehead atoms. The molecule has 2 saturated heterocycles. The van der Waals surface area contributed by atoms with Gasteiger partial charge < -0.3 is 10.1 Å². The van der Waals surface area contributed by atoms with Crippen LogP contribution in [0.15, 0.2) is 0 Å². The van der Waals surface area contributed by atoms with Gasteiger partial charge in [-0.25, -0.2) is 0 Å². The molecule has 1 N–H and O–H groups in total. The number of piperidine rings is 1. The fraction of sp³-hybridized carbons (Fsp3) is 1.00. The van der Waals surface area contributed by atoms with E-state index in [1.54, 1.807) is 0 Å². The third-order valence-corrected chi connectivity index (χ3v) is 4.68. The Labute approximate surface area is 106 Å². The molecule has 2 rings (SSSR count). The highest BCUT2D eigenvalue weighted by Gasteiger charge is 2.33. The molecule has 0 spiro atoms. The van der Waals surface area contributed by atoms with Gasteiger partial charge in [0.15, 0.2) is 0 Å². The molecule has 3 nitrogen and oxygen atoms in total. The first-order chi connectivity index (χ1) is 8.22. The highest BCUT2D eigenvalue weighted by molar-refractivity contribution is 4.89. The molecular weight excluding hydrogens is 212 g/mol. The average Bonchev–Trinajstić information content (AvgIpc) is 2.82. The van der Waals surface area contributed by atoms with Gasteiger partial charge in [-0.05, 0) is 44.7 Å². The van der Waals surface area contributed by atoms with Gasteiger partial charge in [-0.1, -0.05) is 13.8 Å². The van der Waals surface area contributed by atoms with Crippen LogP contribution >= 0.6 is 0 Å². The lowest BCUT2D eigenvalue weighted by molar-refractivity contribution is 0.0674. The first kappa shape index (κ1) is 13.3. The number of hydrogen-bond donors (Lipinski definition) is 1. The number of rotatable bonds is 4. The Kier molecular flexibility index (Phi) is 4.83. The number of ether oxygens (including phenoxy) is 1. The van der Waals surface area contributed by atoms with Crippen LogP contribution < -0.4 is 5.32 Å². The molecule has 2 aliphatic rings. The highest BCUT2D eigenvalue weighted by Crippen LogP contribution is 2.26. The van der Waals surface area contributed by atoms with Gasteiger partial charge in [0.1, 0.15) is 0 Å². The molecule has 4 unspecified atom stereocenters. The molecule has 2 aliphatic heterocycles. The first-order valence-corrected chi connectivity index (χ1v) is 7.27. The maximum atomic E-state index is 5.48. The Morgan fingerprint density at radius 3 is 2.76 bits per heavy atom. The van der Waals surface area contributed by atoms with E-state index in [2.05, 4.69) is 31.0 Å². The summed E-state index contributed by atoms with van der Waals surface area (Å²) in [5.74, 6) is 1.53. The topological polar surface area (TPSA) is 24.5 Å². The van der Waals surface area contributed by atoms with Crippen LogP contribution in [0.1, 0.15) is 33.6 Å². The Bertz CT molecular complexity index is 228. The minimum absolute atomic E-state index is 0.702. The fourth-order valence-corrected chi connectivity index (χ4v) is 3.31. The summed E-state index contributed by atoms with van der Waals surface area (Å²) in [7, 11) is 0. The van der Waals surface area contributed by atoms with Crippen molar-refractivity contribution in [2.75, 3.05) is 32.8 Å². The molecule has 0 saturated carbocycles. The lowest BCUT2D eigenvalue weighted by atomic mass is 9.86. The molecular formula is C14H28N2O. The predicted octanol–water partition coefficient (Wildman–Crippen LogP) is 1.73. The van der Waals surface area contributed by atoms with Gasteiger partial charge in [0.05, 0.1) is 6.61 Å². The molecule has 0 aromatic heterocycles. The summed E-state index contributed by atoms with van der Waals surface area (Å²) in [5.41, 5.74) is 0. The summed E-state index contributed by atoms with van der Waals surface area (Å²) < 4.78 is 5.48. The average molecular weight is 240 g/mol. The van der Waals surface area contributed by atoms with Crippen molar-refractivity contribution in [3.8, 4) is 0 Å². The van der Waals surface area contributed by atoms with Crippen LogP contribution in [0, 0.1) is 11.8 Å². The molecule has 2 heterocycles. The van der Waals surface area contributed by atoms with Gasteiger partial charge in [0.25, 0.3) is 0 Å². The second kappa shape index (κ2) is 6.17. The van der Waals surface area contributed by atoms with Crippen LogP contribution in [0.5, 0.6) is 0 Å². The molecule has 0 radical (unpaired) electrons. The van der Waals surface area contributed by atoms with E-state index in [9.17, 15) is 0 Å². The molecule has 0 aliphatic carbocycles. The molecule has 0 aromatic rings. The van der Waals surface area contributed by atoms with Crippen LogP contribution in [0.25, 0.3) is 0 Å². The highest BCUT2D eigenvalue weighted by atomic mass is 16.5. The van der Waals surface area contributed by atoms with Crippen molar-refractivity contribution in [3.05, 3.63) is 0 Å². The molecule has 0 aromatic carbocycles. The van der Waals surface area contributed by atoms with Crippen molar-refractivity contribution in [2.45, 2.75) is 45.7 Å². The zero-order valence-electron chi connectivity index (χ0n) is 11.6. The first-order valence-electron chi connectivity index (χ1n) is 7.27. The second-order valence-electron chi connectivity index (χ2n) is 5.78. The van der Waals surface area contributed by atoms with Crippen LogP contribution in [0.3, 0.4) is 0 Å². The quantitative estimate of drug-likeness (QED) is 0.810. The summed E-state index contributed by atoms with van der Waals surface area (Å²) >= 11 is 0. The normalized spacial score (nSPS) is 39.7. The van der Waals surface area contributed by atoms with Crippen molar-refractivity contribution < 1.29 is 4.74 Å². The van der Waals surface area contributed by atoms with Crippen LogP contribution in [0.4, 0.5) is 0 Å². The number of nitrogens with zero attached hydrogens (tertiary/aromatic N) is 1. The third kappa shape index (κ3) is 3.21. The van der Waals surface area contributed by atoms with Gasteiger partial charge >= 0.3 is 0 Å². The maximum absolute atomic E-state index is 5.48. The number of likely N-dealkylation sites (tertiary alicyclic amines) is 1. The molecule has 4 atom stereocenters. The minimum atomic E-state index is 0.702. The van der Waals surface area contributed by atoms with E-state index in [0.717, 1.165) is 31.6 Å². The number of hydrogen-bond acceptors (Lipinski definition) is 3. The lowest BCUT2D eigenvalue weighted by Crippen LogP contribution is -2.54. The third-order valence-electron chi connectivity index (χ3n) is 4.68. The predicted molar refractivity (Wildman–Crippen MR) is 71.2 cm³/mol. The lowest BCUT2D eigenvalue weighted by Gasteiger charge is -2.43. The fourth-order valence-electron chi connectivity index (χ4n) is 3.31. The van der Waals surface area contributed by atoms with Crippen LogP contribution in [-0.4, -0.2) is 49.8 Å². The summed E-state index contributed by atoms with van der Waals surface area (Å²) in [4.78, 5) is 2.68. The van der Waals surface area contributed by atoms with Crippen molar-refractivity contribution in [2.24, 2.45) is 11.8 Å². The van der Waals surface area contributed by atoms with Gasteiger partial charge in [-0.3, -0.25) is 4.90 Å². The number of nitrogens with one attached hydrogen (secondary N) is 1. The van der Waals surface area contributed by atoms with E-state index >= 15 is 0 Å². The van der Waals surface area contributed by atoms with E-state index in [1.165, 1.54) is 25.9 Å². The van der Waals surface area contributed by atoms with Crippen molar-refractivity contribution >= 4 is 0 Å². The molecule has 3 heteroatoms. The standard InChI is InChI=1S/C14H28N2O/c1-4-15-14-5-7-16(12(3)11(14)2)9-13-6-8-17-10-13/h11-15H,4-10H2,1-3H3. The van der Waals surface area contributed by atoms with E-state index in [1.807, 2.05) is 0 Å². The van der Waals surface area contributed by atoms with Gasteiger partial charge in [-0.2, -0.15) is 0 Å². The van der Waals surface area contributed by atoms with Crippen molar-refractivity contribution in [3.63, 3.8) is 0 Å². The molecule has 0 amide bonds. The Morgan fingerprint density at radius 1 is 1.29 bits per heavy atom. The van der Waals surface area contributed by atoms with Crippen LogP contribution in [0.2, 0.25) is 0 Å². The van der Waals surface area contributed by atoms with Gasteiger partial charge in [0.2, 0.25) is 0 Å².